The summed E-state index contributed by atoms with van der Waals surface area (Å²) < 4.78 is 18.6. The van der Waals surface area contributed by atoms with E-state index in [1.165, 1.54) is 36.0 Å². The summed E-state index contributed by atoms with van der Waals surface area (Å²) in [4.78, 5) is 25.9. The zero-order valence-electron chi connectivity index (χ0n) is 13.1. The Kier molecular flexibility index (Phi) is 5.95. The first-order chi connectivity index (χ1) is 12.1. The van der Waals surface area contributed by atoms with Crippen molar-refractivity contribution in [3.63, 3.8) is 0 Å². The predicted molar refractivity (Wildman–Crippen MR) is 92.4 cm³/mol. The average molecular weight is 382 g/mol. The number of nitrogens with zero attached hydrogens (tertiary/aromatic N) is 3. The molecule has 1 aliphatic heterocycles. The summed E-state index contributed by atoms with van der Waals surface area (Å²) in [6.45, 7) is 2.31. The zero-order valence-corrected chi connectivity index (χ0v) is 14.7. The van der Waals surface area contributed by atoms with Crippen molar-refractivity contribution in [3.8, 4) is 0 Å². The van der Waals surface area contributed by atoms with E-state index in [2.05, 4.69) is 15.5 Å². The normalized spacial score (nSPS) is 14.4. The molecule has 25 heavy (non-hydrogen) atoms. The number of ether oxygens (including phenoxy) is 1. The molecule has 0 atom stereocenters. The lowest BCUT2D eigenvalue weighted by molar-refractivity contribution is -0.132. The van der Waals surface area contributed by atoms with Crippen LogP contribution in [0.15, 0.2) is 28.6 Å². The number of amides is 2. The molecule has 0 unspecified atom stereocenters. The molecule has 7 nitrogen and oxygen atoms in total. The summed E-state index contributed by atoms with van der Waals surface area (Å²) >= 11 is 2.36. The first-order valence-electron chi connectivity index (χ1n) is 7.50. The number of halogens is 1. The Hall–Kier alpha value is -2.04. The van der Waals surface area contributed by atoms with Gasteiger partial charge in [-0.05, 0) is 24.3 Å². The van der Waals surface area contributed by atoms with Crippen molar-refractivity contribution in [2.75, 3.05) is 37.4 Å². The maximum atomic E-state index is 12.9. The largest absolute Gasteiger partial charge is 0.378 e. The van der Waals surface area contributed by atoms with Gasteiger partial charge in [0.05, 0.1) is 19.0 Å². The highest BCUT2D eigenvalue weighted by Crippen LogP contribution is 2.23. The van der Waals surface area contributed by atoms with Crippen LogP contribution in [-0.4, -0.2) is 59.0 Å². The quantitative estimate of drug-likeness (QED) is 0.795. The number of carbonyl (C=O) groups is 2. The van der Waals surface area contributed by atoms with Crippen molar-refractivity contribution in [1.29, 1.82) is 0 Å². The van der Waals surface area contributed by atoms with E-state index in [9.17, 15) is 14.0 Å². The standard InChI is InChI=1S/C15H15FN4O3S2/c16-10-1-3-11(4-2-10)17-13(22)14-18-19-15(25-14)24-9-12(21)20-5-7-23-8-6-20/h1-4H,5-9H2,(H,17,22). The van der Waals surface area contributed by atoms with Crippen LogP contribution in [0.1, 0.15) is 9.80 Å². The van der Waals surface area contributed by atoms with Crippen molar-refractivity contribution >= 4 is 40.6 Å². The number of anilines is 1. The minimum atomic E-state index is -0.421. The van der Waals surface area contributed by atoms with Gasteiger partial charge < -0.3 is 15.0 Å². The molecule has 0 spiro atoms. The van der Waals surface area contributed by atoms with Crippen molar-refractivity contribution in [1.82, 2.24) is 15.1 Å². The van der Waals surface area contributed by atoms with E-state index in [0.29, 0.717) is 36.3 Å². The molecule has 132 valence electrons. The van der Waals surface area contributed by atoms with Gasteiger partial charge in [-0.2, -0.15) is 0 Å². The van der Waals surface area contributed by atoms with Crippen LogP contribution in [-0.2, 0) is 9.53 Å². The van der Waals surface area contributed by atoms with Crippen LogP contribution >= 0.6 is 23.1 Å². The van der Waals surface area contributed by atoms with Gasteiger partial charge in [-0.25, -0.2) is 4.39 Å². The van der Waals surface area contributed by atoms with Gasteiger partial charge in [0.2, 0.25) is 10.9 Å². The molecule has 0 bridgehead atoms. The minimum absolute atomic E-state index is 0.0146. The Balaban J connectivity index is 1.52. The topological polar surface area (TPSA) is 84.4 Å². The van der Waals surface area contributed by atoms with Gasteiger partial charge in [0.15, 0.2) is 4.34 Å². The van der Waals surface area contributed by atoms with Gasteiger partial charge in [0.25, 0.3) is 5.91 Å². The van der Waals surface area contributed by atoms with Gasteiger partial charge in [0, 0.05) is 18.8 Å². The van der Waals surface area contributed by atoms with Crippen LogP contribution < -0.4 is 5.32 Å². The minimum Gasteiger partial charge on any atom is -0.378 e. The van der Waals surface area contributed by atoms with Crippen LogP contribution in [0.5, 0.6) is 0 Å². The van der Waals surface area contributed by atoms with Crippen LogP contribution in [0.4, 0.5) is 10.1 Å². The monoisotopic (exact) mass is 382 g/mol. The molecule has 2 aromatic rings. The summed E-state index contributed by atoms with van der Waals surface area (Å²) in [5.74, 6) is -0.539. The summed E-state index contributed by atoms with van der Waals surface area (Å²) in [5.41, 5.74) is 0.471. The molecule has 1 aromatic carbocycles. The van der Waals surface area contributed by atoms with Gasteiger partial charge in [-0.15, -0.1) is 10.2 Å². The molecule has 1 aliphatic rings. The Bertz CT molecular complexity index is 747. The van der Waals surface area contributed by atoms with Crippen LogP contribution in [0.25, 0.3) is 0 Å². The van der Waals surface area contributed by atoms with Crippen molar-refractivity contribution in [3.05, 3.63) is 35.1 Å². The van der Waals surface area contributed by atoms with Crippen LogP contribution in [0, 0.1) is 5.82 Å². The van der Waals surface area contributed by atoms with E-state index >= 15 is 0 Å². The molecule has 1 saturated heterocycles. The molecule has 2 heterocycles. The molecule has 3 rings (SSSR count). The number of nitrogens with one attached hydrogen (secondary N) is 1. The fourth-order valence-corrected chi connectivity index (χ4v) is 3.75. The van der Waals surface area contributed by atoms with Gasteiger partial charge in [-0.1, -0.05) is 23.1 Å². The van der Waals surface area contributed by atoms with Gasteiger partial charge >= 0.3 is 0 Å². The number of hydrogen-bond donors (Lipinski definition) is 1. The summed E-state index contributed by atoms with van der Waals surface area (Å²) in [7, 11) is 0. The Morgan fingerprint density at radius 2 is 1.96 bits per heavy atom. The number of hydrogen-bond acceptors (Lipinski definition) is 7. The number of morpholine rings is 1. The summed E-state index contributed by atoms with van der Waals surface area (Å²) in [5, 5.41) is 10.6. The van der Waals surface area contributed by atoms with Gasteiger partial charge in [0.1, 0.15) is 5.82 Å². The Labute approximate surface area is 151 Å². The third kappa shape index (κ3) is 4.97. The highest BCUT2D eigenvalue weighted by Gasteiger charge is 2.19. The molecule has 0 aliphatic carbocycles. The fourth-order valence-electron chi connectivity index (χ4n) is 2.11. The number of thioether (sulfide) groups is 1. The summed E-state index contributed by atoms with van der Waals surface area (Å²) in [6.07, 6.45) is 0. The highest BCUT2D eigenvalue weighted by atomic mass is 32.2. The molecule has 0 radical (unpaired) electrons. The average Bonchev–Trinajstić information content (AvgIpc) is 3.11. The van der Waals surface area contributed by atoms with E-state index in [1.807, 2.05) is 0 Å². The lowest BCUT2D eigenvalue weighted by atomic mass is 10.3. The third-order valence-electron chi connectivity index (χ3n) is 3.39. The van der Waals surface area contributed by atoms with Crippen molar-refractivity contribution in [2.45, 2.75) is 4.34 Å². The Morgan fingerprint density at radius 3 is 2.68 bits per heavy atom. The maximum absolute atomic E-state index is 12.9. The second-order valence-electron chi connectivity index (χ2n) is 5.12. The second-order valence-corrected chi connectivity index (χ2v) is 7.32. The van der Waals surface area contributed by atoms with Gasteiger partial charge in [-0.3, -0.25) is 9.59 Å². The third-order valence-corrected chi connectivity index (χ3v) is 5.43. The number of rotatable bonds is 5. The van der Waals surface area contributed by atoms with Crippen LogP contribution in [0.3, 0.4) is 0 Å². The molecule has 2 amide bonds. The molecular weight excluding hydrogens is 367 g/mol. The lowest BCUT2D eigenvalue weighted by Crippen LogP contribution is -2.41. The fraction of sp³-hybridized carbons (Fsp3) is 0.333. The zero-order chi connectivity index (χ0) is 17.6. The van der Waals surface area contributed by atoms with Crippen LogP contribution in [0.2, 0.25) is 0 Å². The molecule has 1 aromatic heterocycles. The number of carbonyl (C=O) groups excluding carboxylic acids is 2. The predicted octanol–water partition coefficient (Wildman–Crippen LogP) is 1.88. The molecule has 0 saturated carbocycles. The lowest BCUT2D eigenvalue weighted by Gasteiger charge is -2.26. The van der Waals surface area contributed by atoms with E-state index in [4.69, 9.17) is 4.74 Å². The molecular formula is C15H15FN4O3S2. The molecule has 1 N–H and O–H groups in total. The second kappa shape index (κ2) is 8.37. The SMILES string of the molecule is O=C(Nc1ccc(F)cc1)c1nnc(SCC(=O)N2CCOCC2)s1. The summed E-state index contributed by atoms with van der Waals surface area (Å²) in [6, 6.07) is 5.44. The first-order valence-corrected chi connectivity index (χ1v) is 9.31. The molecule has 10 heteroatoms. The highest BCUT2D eigenvalue weighted by molar-refractivity contribution is 8.01. The van der Waals surface area contributed by atoms with Crippen molar-refractivity contribution < 1.29 is 18.7 Å². The molecule has 1 fully saturated rings. The first kappa shape index (κ1) is 17.8. The van der Waals surface area contributed by atoms with E-state index < -0.39 is 5.91 Å². The smallest absolute Gasteiger partial charge is 0.286 e. The van der Waals surface area contributed by atoms with E-state index in [-0.39, 0.29) is 22.5 Å². The van der Waals surface area contributed by atoms with E-state index in [1.54, 1.807) is 4.90 Å². The van der Waals surface area contributed by atoms with Crippen molar-refractivity contribution in [2.24, 2.45) is 0 Å². The number of benzene rings is 1. The number of aromatic nitrogens is 2. The Morgan fingerprint density at radius 1 is 1.24 bits per heavy atom. The maximum Gasteiger partial charge on any atom is 0.286 e. The van der Waals surface area contributed by atoms with E-state index in [0.717, 1.165) is 11.3 Å².